The Labute approximate surface area is 138 Å². The van der Waals surface area contributed by atoms with E-state index in [0.29, 0.717) is 24.6 Å². The lowest BCUT2D eigenvalue weighted by Crippen LogP contribution is -2.39. The van der Waals surface area contributed by atoms with E-state index < -0.39 is 0 Å². The lowest BCUT2D eigenvalue weighted by Gasteiger charge is -2.26. The van der Waals surface area contributed by atoms with Crippen LogP contribution >= 0.6 is 70.2 Å². The number of nitrogens with zero attached hydrogens (tertiary/aromatic N) is 2. The van der Waals surface area contributed by atoms with Crippen molar-refractivity contribution in [3.8, 4) is 0 Å². The number of carbonyl (C=O) groups excluding carboxylic acids is 1. The number of aliphatic imine (C=N–C) groups is 1. The maximum Gasteiger partial charge on any atom is 0.343 e. The summed E-state index contributed by atoms with van der Waals surface area (Å²) in [5.41, 5.74) is 0. The molecule has 0 heterocycles. The molecule has 0 saturated carbocycles. The molecule has 0 bridgehead atoms. The first-order valence-electron chi connectivity index (χ1n) is 5.22. The summed E-state index contributed by atoms with van der Waals surface area (Å²) in [6, 6.07) is -0.235. The second-order valence-electron chi connectivity index (χ2n) is 3.39. The zero-order chi connectivity index (χ0) is 14.0. The maximum absolute atomic E-state index is 11.9. The van der Waals surface area contributed by atoms with Gasteiger partial charge in [-0.05, 0) is 6.92 Å². The Morgan fingerprint density at radius 3 is 1.94 bits per heavy atom. The molecule has 9 heteroatoms. The second-order valence-corrected chi connectivity index (χ2v) is 7.15. The van der Waals surface area contributed by atoms with Crippen molar-refractivity contribution in [1.29, 1.82) is 0 Å². The predicted molar refractivity (Wildman–Crippen MR) is 99.6 cm³/mol. The molecule has 0 aliphatic heterocycles. The molecular formula is C9H18N2OS6. The van der Waals surface area contributed by atoms with E-state index in [4.69, 9.17) is 0 Å². The van der Waals surface area contributed by atoms with E-state index in [0.717, 1.165) is 0 Å². The zero-order valence-electron chi connectivity index (χ0n) is 9.97. The number of hydrogen-bond donors (Lipinski definition) is 4. The molecular weight excluding hydrogens is 345 g/mol. The molecule has 0 fully saturated rings. The fraction of sp³-hybridized carbons (Fsp3) is 0.778. The van der Waals surface area contributed by atoms with Crippen LogP contribution < -0.4 is 0 Å². The van der Waals surface area contributed by atoms with Crippen LogP contribution in [0.1, 0.15) is 6.92 Å². The zero-order valence-corrected chi connectivity index (χ0v) is 15.2. The van der Waals surface area contributed by atoms with Crippen molar-refractivity contribution in [2.75, 3.05) is 24.6 Å². The number of carbonyl (C=O) groups is 1. The smallest absolute Gasteiger partial charge is 0.321 e. The molecule has 0 N–H and O–H groups in total. The van der Waals surface area contributed by atoms with E-state index >= 15 is 0 Å². The van der Waals surface area contributed by atoms with Crippen LogP contribution in [0.4, 0.5) is 4.79 Å². The molecule has 0 saturated heterocycles. The Bertz CT molecular complexity index is 243. The average molecular weight is 363 g/mol. The summed E-state index contributed by atoms with van der Waals surface area (Å²) < 4.78 is 0. The van der Waals surface area contributed by atoms with E-state index in [2.05, 4.69) is 53.6 Å². The van der Waals surface area contributed by atoms with Crippen LogP contribution in [0.3, 0.4) is 0 Å². The number of thiol groups is 4. The Kier molecular flexibility index (Phi) is 12.8. The van der Waals surface area contributed by atoms with Crippen molar-refractivity contribution < 1.29 is 4.79 Å². The fourth-order valence-corrected chi connectivity index (χ4v) is 4.02. The quantitative estimate of drug-likeness (QED) is 0.304. The molecule has 0 aromatic carbocycles. The molecule has 2 atom stereocenters. The van der Waals surface area contributed by atoms with Gasteiger partial charge in [-0.1, -0.05) is 21.6 Å². The molecule has 0 aromatic heterocycles. The highest BCUT2D eigenvalue weighted by molar-refractivity contribution is 8.69. The van der Waals surface area contributed by atoms with Gasteiger partial charge in [0.2, 0.25) is 0 Å². The van der Waals surface area contributed by atoms with Gasteiger partial charge >= 0.3 is 6.03 Å². The summed E-state index contributed by atoms with van der Waals surface area (Å²) in [4.78, 5) is 17.4. The standard InChI is InChI=1S/C9H18N2OS6/c1-2-10-9(12)11(3-7(5-13)17-15)4-8(6-14)18-16/h2,7-8,13-16H,3-6H2,1H3/b10-2+. The molecule has 0 radical (unpaired) electrons. The largest absolute Gasteiger partial charge is 0.343 e. The molecule has 0 rings (SSSR count). The Morgan fingerprint density at radius 1 is 1.22 bits per heavy atom. The van der Waals surface area contributed by atoms with Crippen LogP contribution in [0.15, 0.2) is 4.99 Å². The Hall–Kier alpha value is 1.24. The normalized spacial score (nSPS) is 14.7. The molecule has 0 aliphatic rings. The van der Waals surface area contributed by atoms with Crippen molar-refractivity contribution in [1.82, 2.24) is 4.90 Å². The van der Waals surface area contributed by atoms with Crippen LogP contribution in [0.2, 0.25) is 0 Å². The van der Waals surface area contributed by atoms with Gasteiger partial charge in [0.15, 0.2) is 0 Å². The van der Waals surface area contributed by atoms with Gasteiger partial charge in [-0.25, -0.2) is 9.79 Å². The number of amides is 2. The predicted octanol–water partition coefficient (Wildman–Crippen LogP) is 3.25. The van der Waals surface area contributed by atoms with Gasteiger partial charge < -0.3 is 4.90 Å². The van der Waals surface area contributed by atoms with Crippen LogP contribution in [-0.4, -0.2) is 52.2 Å². The lowest BCUT2D eigenvalue weighted by molar-refractivity contribution is 0.210. The van der Waals surface area contributed by atoms with Crippen molar-refractivity contribution in [3.05, 3.63) is 0 Å². The van der Waals surface area contributed by atoms with Gasteiger partial charge in [0.1, 0.15) is 0 Å². The van der Waals surface area contributed by atoms with E-state index in [1.165, 1.54) is 27.8 Å². The summed E-state index contributed by atoms with van der Waals surface area (Å²) in [6.07, 6.45) is 1.50. The maximum atomic E-state index is 11.9. The second kappa shape index (κ2) is 12.0. The number of urea groups is 1. The van der Waals surface area contributed by atoms with Gasteiger partial charge in [0.25, 0.3) is 0 Å². The SMILES string of the molecule is C/C=N/C(=O)N(CC(CS)SS)CC(CS)SS. The van der Waals surface area contributed by atoms with Crippen LogP contribution in [0, 0.1) is 0 Å². The third kappa shape index (κ3) is 7.74. The van der Waals surface area contributed by atoms with Crippen LogP contribution in [0.25, 0.3) is 0 Å². The number of rotatable bonds is 8. The molecule has 0 aromatic rings. The average Bonchev–Trinajstić information content (AvgIpc) is 2.39. The van der Waals surface area contributed by atoms with Gasteiger partial charge in [-0.3, -0.25) is 0 Å². The Balaban J connectivity index is 4.65. The summed E-state index contributed by atoms with van der Waals surface area (Å²) >= 11 is 16.9. The molecule has 2 unspecified atom stereocenters. The summed E-state index contributed by atoms with van der Waals surface area (Å²) in [5, 5.41) is 0.358. The minimum atomic E-state index is -0.235. The summed E-state index contributed by atoms with van der Waals surface area (Å²) in [6.45, 7) is 2.88. The molecule has 0 aliphatic carbocycles. The van der Waals surface area contributed by atoms with Crippen molar-refractivity contribution >= 4 is 82.4 Å². The highest BCUT2D eigenvalue weighted by Crippen LogP contribution is 2.21. The summed E-state index contributed by atoms with van der Waals surface area (Å²) in [5.74, 6) is 1.32. The monoisotopic (exact) mass is 362 g/mol. The van der Waals surface area contributed by atoms with Crippen molar-refractivity contribution in [2.24, 2.45) is 4.99 Å². The lowest BCUT2D eigenvalue weighted by atomic mass is 10.3. The van der Waals surface area contributed by atoms with Gasteiger partial charge in [0, 0.05) is 41.3 Å². The first-order chi connectivity index (χ1) is 8.62. The van der Waals surface area contributed by atoms with Crippen LogP contribution in [0.5, 0.6) is 0 Å². The van der Waals surface area contributed by atoms with E-state index in [9.17, 15) is 4.79 Å². The highest BCUT2D eigenvalue weighted by atomic mass is 33.1. The van der Waals surface area contributed by atoms with E-state index in [1.807, 2.05) is 0 Å². The highest BCUT2D eigenvalue weighted by Gasteiger charge is 2.20. The summed E-state index contributed by atoms with van der Waals surface area (Å²) in [7, 11) is 2.81. The minimum absolute atomic E-state index is 0.179. The molecule has 2 amide bonds. The first kappa shape index (κ1) is 19.2. The fourth-order valence-electron chi connectivity index (χ4n) is 1.16. The van der Waals surface area contributed by atoms with E-state index in [1.54, 1.807) is 11.8 Å². The third-order valence-corrected chi connectivity index (χ3v) is 6.46. The molecule has 3 nitrogen and oxygen atoms in total. The van der Waals surface area contributed by atoms with Crippen molar-refractivity contribution in [3.63, 3.8) is 0 Å². The van der Waals surface area contributed by atoms with E-state index in [-0.39, 0.29) is 16.5 Å². The van der Waals surface area contributed by atoms with Crippen molar-refractivity contribution in [2.45, 2.75) is 17.4 Å². The topological polar surface area (TPSA) is 32.7 Å². The third-order valence-electron chi connectivity index (χ3n) is 2.06. The number of hydrogen-bond acceptors (Lipinski definition) is 7. The minimum Gasteiger partial charge on any atom is -0.321 e. The van der Waals surface area contributed by atoms with Gasteiger partial charge in [0.05, 0.1) is 0 Å². The van der Waals surface area contributed by atoms with Gasteiger partial charge in [-0.15, -0.1) is 23.3 Å². The Morgan fingerprint density at radius 2 is 1.67 bits per heavy atom. The van der Waals surface area contributed by atoms with Gasteiger partial charge in [-0.2, -0.15) is 25.3 Å². The molecule has 0 spiro atoms. The molecule has 18 heavy (non-hydrogen) atoms. The molecule has 106 valence electrons. The van der Waals surface area contributed by atoms with Crippen LogP contribution in [-0.2, 0) is 0 Å². The first-order valence-corrected chi connectivity index (χ1v) is 10.4.